The van der Waals surface area contributed by atoms with Gasteiger partial charge in [0.05, 0.1) is 11.9 Å². The third kappa shape index (κ3) is 2.33. The number of anilines is 1. The van der Waals surface area contributed by atoms with Gasteiger partial charge in [-0.15, -0.1) is 0 Å². The number of aromatic nitrogens is 1. The lowest BCUT2D eigenvalue weighted by molar-refractivity contribution is 0.174. The van der Waals surface area contributed by atoms with Crippen LogP contribution in [0.15, 0.2) is 36.5 Å². The lowest BCUT2D eigenvalue weighted by Crippen LogP contribution is -1.99. The van der Waals surface area contributed by atoms with Crippen LogP contribution in [0.25, 0.3) is 0 Å². The SMILES string of the molecule is Clc1ccc(NCc2ccc3c(c2)OCO3)cn1. The van der Waals surface area contributed by atoms with Crippen molar-refractivity contribution in [1.29, 1.82) is 0 Å². The number of fused-ring (bicyclic) bond motifs is 1. The fourth-order valence-electron chi connectivity index (χ4n) is 1.74. The highest BCUT2D eigenvalue weighted by atomic mass is 35.5. The molecule has 0 saturated carbocycles. The molecule has 2 heterocycles. The minimum Gasteiger partial charge on any atom is -0.454 e. The highest BCUT2D eigenvalue weighted by molar-refractivity contribution is 6.29. The van der Waals surface area contributed by atoms with Crippen molar-refractivity contribution in [3.05, 3.63) is 47.2 Å². The minimum atomic E-state index is 0.299. The van der Waals surface area contributed by atoms with Crippen molar-refractivity contribution >= 4 is 17.3 Å². The maximum absolute atomic E-state index is 5.72. The van der Waals surface area contributed by atoms with Crippen molar-refractivity contribution < 1.29 is 9.47 Å². The van der Waals surface area contributed by atoms with Gasteiger partial charge in [-0.1, -0.05) is 17.7 Å². The molecule has 1 N–H and O–H groups in total. The van der Waals surface area contributed by atoms with Gasteiger partial charge >= 0.3 is 0 Å². The molecule has 1 aliphatic rings. The highest BCUT2D eigenvalue weighted by Gasteiger charge is 2.12. The summed E-state index contributed by atoms with van der Waals surface area (Å²) in [6.45, 7) is 0.993. The van der Waals surface area contributed by atoms with Gasteiger partial charge in [0.1, 0.15) is 5.15 Å². The van der Waals surface area contributed by atoms with Gasteiger partial charge in [-0.3, -0.25) is 0 Å². The lowest BCUT2D eigenvalue weighted by Gasteiger charge is -2.06. The molecule has 2 aromatic rings. The van der Waals surface area contributed by atoms with Crippen molar-refractivity contribution in [1.82, 2.24) is 4.98 Å². The Bertz CT molecular complexity index is 557. The van der Waals surface area contributed by atoms with Gasteiger partial charge in [-0.05, 0) is 29.8 Å². The van der Waals surface area contributed by atoms with E-state index in [-0.39, 0.29) is 0 Å². The molecule has 5 heteroatoms. The lowest BCUT2D eigenvalue weighted by atomic mass is 10.2. The standard InChI is InChI=1S/C13H11ClN2O2/c14-13-4-2-10(7-16-13)15-6-9-1-3-11-12(5-9)18-8-17-11/h1-5,7,15H,6,8H2. The van der Waals surface area contributed by atoms with Crippen LogP contribution in [-0.2, 0) is 6.54 Å². The van der Waals surface area contributed by atoms with Gasteiger partial charge in [0.25, 0.3) is 0 Å². The molecule has 0 spiro atoms. The zero-order valence-corrected chi connectivity index (χ0v) is 10.3. The van der Waals surface area contributed by atoms with Crippen LogP contribution in [0.1, 0.15) is 5.56 Å². The Kier molecular flexibility index (Phi) is 2.94. The monoisotopic (exact) mass is 262 g/mol. The molecule has 0 amide bonds. The van der Waals surface area contributed by atoms with Crippen LogP contribution < -0.4 is 14.8 Å². The molecule has 1 aromatic carbocycles. The predicted molar refractivity (Wildman–Crippen MR) is 69.1 cm³/mol. The zero-order valence-electron chi connectivity index (χ0n) is 9.52. The first-order valence-corrected chi connectivity index (χ1v) is 5.93. The van der Waals surface area contributed by atoms with E-state index in [1.807, 2.05) is 24.3 Å². The van der Waals surface area contributed by atoms with Crippen LogP contribution in [0, 0.1) is 0 Å². The van der Waals surface area contributed by atoms with Gasteiger partial charge in [-0.2, -0.15) is 0 Å². The van der Waals surface area contributed by atoms with E-state index in [2.05, 4.69) is 10.3 Å². The summed E-state index contributed by atoms with van der Waals surface area (Å²) in [6.07, 6.45) is 1.70. The Balaban J connectivity index is 1.68. The van der Waals surface area contributed by atoms with Crippen LogP contribution in [-0.4, -0.2) is 11.8 Å². The summed E-state index contributed by atoms with van der Waals surface area (Å²) < 4.78 is 10.6. The Morgan fingerprint density at radius 3 is 2.89 bits per heavy atom. The summed E-state index contributed by atoms with van der Waals surface area (Å²) in [5, 5.41) is 3.75. The molecule has 18 heavy (non-hydrogen) atoms. The normalized spacial score (nSPS) is 12.5. The fourth-order valence-corrected chi connectivity index (χ4v) is 1.85. The minimum absolute atomic E-state index is 0.299. The molecule has 0 fully saturated rings. The number of hydrogen-bond acceptors (Lipinski definition) is 4. The first kappa shape index (κ1) is 11.2. The fraction of sp³-hybridized carbons (Fsp3) is 0.154. The molecule has 0 aliphatic carbocycles. The maximum atomic E-state index is 5.72. The summed E-state index contributed by atoms with van der Waals surface area (Å²) >= 11 is 5.72. The van der Waals surface area contributed by atoms with Crippen molar-refractivity contribution in [3.63, 3.8) is 0 Å². The van der Waals surface area contributed by atoms with E-state index in [1.54, 1.807) is 12.3 Å². The first-order chi connectivity index (χ1) is 8.81. The van der Waals surface area contributed by atoms with Gasteiger partial charge in [0, 0.05) is 6.54 Å². The van der Waals surface area contributed by atoms with Gasteiger partial charge < -0.3 is 14.8 Å². The third-order valence-corrected chi connectivity index (χ3v) is 2.88. The number of nitrogens with one attached hydrogen (secondary N) is 1. The average Bonchev–Trinajstić information content (AvgIpc) is 2.85. The van der Waals surface area contributed by atoms with Crippen LogP contribution in [0.2, 0.25) is 5.15 Å². The topological polar surface area (TPSA) is 43.4 Å². The molecular formula is C13H11ClN2O2. The van der Waals surface area contributed by atoms with E-state index >= 15 is 0 Å². The molecule has 0 bridgehead atoms. The van der Waals surface area contributed by atoms with E-state index in [0.717, 1.165) is 22.7 Å². The number of pyridine rings is 1. The molecule has 1 aromatic heterocycles. The smallest absolute Gasteiger partial charge is 0.231 e. The van der Waals surface area contributed by atoms with E-state index in [9.17, 15) is 0 Å². The quantitative estimate of drug-likeness (QED) is 0.864. The summed E-state index contributed by atoms with van der Waals surface area (Å²) in [5.74, 6) is 1.59. The van der Waals surface area contributed by atoms with Crippen LogP contribution in [0.4, 0.5) is 5.69 Å². The number of ether oxygens (including phenoxy) is 2. The average molecular weight is 263 g/mol. The summed E-state index contributed by atoms with van der Waals surface area (Å²) in [4.78, 5) is 4.01. The van der Waals surface area contributed by atoms with E-state index in [0.29, 0.717) is 18.5 Å². The molecule has 0 radical (unpaired) electrons. The molecule has 0 unspecified atom stereocenters. The second-order valence-corrected chi connectivity index (χ2v) is 4.30. The van der Waals surface area contributed by atoms with E-state index < -0.39 is 0 Å². The number of rotatable bonds is 3. The number of halogens is 1. The zero-order chi connectivity index (χ0) is 12.4. The van der Waals surface area contributed by atoms with Crippen LogP contribution >= 0.6 is 11.6 Å². The van der Waals surface area contributed by atoms with E-state index in [1.165, 1.54) is 0 Å². The molecule has 4 nitrogen and oxygen atoms in total. The van der Waals surface area contributed by atoms with Crippen LogP contribution in [0.5, 0.6) is 11.5 Å². The molecule has 3 rings (SSSR count). The van der Waals surface area contributed by atoms with Crippen LogP contribution in [0.3, 0.4) is 0 Å². The molecule has 0 saturated heterocycles. The Morgan fingerprint density at radius 2 is 2.06 bits per heavy atom. The molecule has 1 aliphatic heterocycles. The van der Waals surface area contributed by atoms with E-state index in [4.69, 9.17) is 21.1 Å². The molecular weight excluding hydrogens is 252 g/mol. The third-order valence-electron chi connectivity index (χ3n) is 2.66. The second-order valence-electron chi connectivity index (χ2n) is 3.91. The number of nitrogens with zero attached hydrogens (tertiary/aromatic N) is 1. The maximum Gasteiger partial charge on any atom is 0.231 e. The van der Waals surface area contributed by atoms with Gasteiger partial charge in [-0.25, -0.2) is 4.98 Å². The largest absolute Gasteiger partial charge is 0.454 e. The Morgan fingerprint density at radius 1 is 1.17 bits per heavy atom. The van der Waals surface area contributed by atoms with Gasteiger partial charge in [0.15, 0.2) is 11.5 Å². The summed E-state index contributed by atoms with van der Waals surface area (Å²) in [5.41, 5.74) is 2.05. The number of benzene rings is 1. The van der Waals surface area contributed by atoms with Gasteiger partial charge in [0.2, 0.25) is 6.79 Å². The Hall–Kier alpha value is -1.94. The highest BCUT2D eigenvalue weighted by Crippen LogP contribution is 2.32. The summed E-state index contributed by atoms with van der Waals surface area (Å²) in [6, 6.07) is 9.54. The van der Waals surface area contributed by atoms with Crippen molar-refractivity contribution in [2.45, 2.75) is 6.54 Å². The first-order valence-electron chi connectivity index (χ1n) is 5.55. The predicted octanol–water partition coefficient (Wildman–Crippen LogP) is 3.08. The van der Waals surface area contributed by atoms with Crippen molar-refractivity contribution in [3.8, 4) is 11.5 Å². The van der Waals surface area contributed by atoms with Crippen molar-refractivity contribution in [2.24, 2.45) is 0 Å². The van der Waals surface area contributed by atoms with Crippen molar-refractivity contribution in [2.75, 3.05) is 12.1 Å². The molecule has 92 valence electrons. The number of hydrogen-bond donors (Lipinski definition) is 1. The Labute approximate surface area is 110 Å². The second kappa shape index (κ2) is 4.74. The summed E-state index contributed by atoms with van der Waals surface area (Å²) in [7, 11) is 0. The molecule has 0 atom stereocenters.